The van der Waals surface area contributed by atoms with Crippen molar-refractivity contribution in [2.75, 3.05) is 6.54 Å². The standard InChI is InChI=1S/C13H24N4S/c1-6-9(3)16-13(14-7-2)15-8-12-10(4)17-11(5)18-12/h9H,6-8H2,1-5H3,(H2,14,15,16). The van der Waals surface area contributed by atoms with Gasteiger partial charge in [0.15, 0.2) is 5.96 Å². The molecule has 0 spiro atoms. The molecule has 4 nitrogen and oxygen atoms in total. The Balaban J connectivity index is 2.67. The Morgan fingerprint density at radius 1 is 1.39 bits per heavy atom. The summed E-state index contributed by atoms with van der Waals surface area (Å²) in [6.45, 7) is 12.1. The third kappa shape index (κ3) is 4.64. The minimum Gasteiger partial charge on any atom is -0.357 e. The molecule has 0 saturated heterocycles. The summed E-state index contributed by atoms with van der Waals surface area (Å²) in [4.78, 5) is 10.3. The lowest BCUT2D eigenvalue weighted by Crippen LogP contribution is -2.41. The molecule has 5 heteroatoms. The molecule has 0 aromatic carbocycles. The van der Waals surface area contributed by atoms with Gasteiger partial charge in [-0.3, -0.25) is 0 Å². The molecule has 0 fully saturated rings. The van der Waals surface area contributed by atoms with Crippen molar-refractivity contribution >= 4 is 17.3 Å². The first kappa shape index (κ1) is 15.0. The summed E-state index contributed by atoms with van der Waals surface area (Å²) >= 11 is 1.73. The summed E-state index contributed by atoms with van der Waals surface area (Å²) in [6.07, 6.45) is 1.09. The number of aliphatic imine (C=N–C) groups is 1. The van der Waals surface area contributed by atoms with Crippen molar-refractivity contribution in [3.05, 3.63) is 15.6 Å². The number of thiazole rings is 1. The first-order chi connectivity index (χ1) is 8.56. The summed E-state index contributed by atoms with van der Waals surface area (Å²) in [6, 6.07) is 0.437. The molecule has 0 amide bonds. The van der Waals surface area contributed by atoms with E-state index in [1.165, 1.54) is 4.88 Å². The van der Waals surface area contributed by atoms with Crippen molar-refractivity contribution in [2.24, 2.45) is 4.99 Å². The van der Waals surface area contributed by atoms with Crippen LogP contribution >= 0.6 is 11.3 Å². The highest BCUT2D eigenvalue weighted by Gasteiger charge is 2.06. The smallest absolute Gasteiger partial charge is 0.191 e. The zero-order valence-electron chi connectivity index (χ0n) is 12.0. The van der Waals surface area contributed by atoms with Crippen LogP contribution in [0.25, 0.3) is 0 Å². The predicted molar refractivity (Wildman–Crippen MR) is 79.3 cm³/mol. The van der Waals surface area contributed by atoms with Crippen LogP contribution in [-0.2, 0) is 6.54 Å². The van der Waals surface area contributed by atoms with Gasteiger partial charge in [-0.15, -0.1) is 11.3 Å². The van der Waals surface area contributed by atoms with Crippen LogP contribution in [0.15, 0.2) is 4.99 Å². The molecule has 1 rings (SSSR count). The molecule has 1 heterocycles. The summed E-state index contributed by atoms with van der Waals surface area (Å²) in [5.41, 5.74) is 1.10. The largest absolute Gasteiger partial charge is 0.357 e. The van der Waals surface area contributed by atoms with E-state index in [4.69, 9.17) is 0 Å². The van der Waals surface area contributed by atoms with Crippen molar-refractivity contribution < 1.29 is 0 Å². The van der Waals surface area contributed by atoms with Crippen molar-refractivity contribution in [3.8, 4) is 0 Å². The number of hydrogen-bond donors (Lipinski definition) is 2. The van der Waals surface area contributed by atoms with Gasteiger partial charge in [0.1, 0.15) is 0 Å². The van der Waals surface area contributed by atoms with Gasteiger partial charge in [-0.05, 0) is 34.1 Å². The average Bonchev–Trinajstić information content (AvgIpc) is 2.65. The monoisotopic (exact) mass is 268 g/mol. The fourth-order valence-corrected chi connectivity index (χ4v) is 2.39. The number of nitrogens with zero attached hydrogens (tertiary/aromatic N) is 2. The summed E-state index contributed by atoms with van der Waals surface area (Å²) < 4.78 is 0. The SMILES string of the molecule is CCNC(=NCc1sc(C)nc1C)NC(C)CC. The van der Waals surface area contributed by atoms with Gasteiger partial charge >= 0.3 is 0 Å². The summed E-state index contributed by atoms with van der Waals surface area (Å²) in [5, 5.41) is 7.76. The molecule has 102 valence electrons. The molecule has 0 saturated carbocycles. The van der Waals surface area contributed by atoms with E-state index in [9.17, 15) is 0 Å². The maximum Gasteiger partial charge on any atom is 0.191 e. The highest BCUT2D eigenvalue weighted by Crippen LogP contribution is 2.17. The van der Waals surface area contributed by atoms with E-state index in [-0.39, 0.29) is 0 Å². The Labute approximate surface area is 114 Å². The number of hydrogen-bond acceptors (Lipinski definition) is 3. The second-order valence-electron chi connectivity index (χ2n) is 4.39. The maximum absolute atomic E-state index is 4.61. The topological polar surface area (TPSA) is 49.3 Å². The maximum atomic E-state index is 4.61. The number of rotatable bonds is 5. The van der Waals surface area contributed by atoms with E-state index in [0.717, 1.165) is 29.6 Å². The lowest BCUT2D eigenvalue weighted by atomic mass is 10.3. The number of nitrogens with one attached hydrogen (secondary N) is 2. The summed E-state index contributed by atoms with van der Waals surface area (Å²) in [7, 11) is 0. The Hall–Kier alpha value is -1.10. The van der Waals surface area contributed by atoms with Gasteiger partial charge in [-0.1, -0.05) is 6.92 Å². The first-order valence-corrected chi connectivity index (χ1v) is 7.36. The van der Waals surface area contributed by atoms with Crippen molar-refractivity contribution in [1.82, 2.24) is 15.6 Å². The van der Waals surface area contributed by atoms with Crippen molar-refractivity contribution in [2.45, 2.75) is 53.6 Å². The van der Waals surface area contributed by atoms with Gasteiger partial charge in [0, 0.05) is 17.5 Å². The normalized spacial score (nSPS) is 13.5. The second kappa shape index (κ2) is 7.36. The minimum absolute atomic E-state index is 0.437. The minimum atomic E-state index is 0.437. The van der Waals surface area contributed by atoms with Crippen LogP contribution in [0.1, 0.15) is 42.8 Å². The molecule has 0 aliphatic heterocycles. The fourth-order valence-electron chi connectivity index (χ4n) is 1.53. The number of guanidine groups is 1. The van der Waals surface area contributed by atoms with Crippen LogP contribution in [0.3, 0.4) is 0 Å². The Kier molecular flexibility index (Phi) is 6.12. The van der Waals surface area contributed by atoms with Crippen LogP contribution in [0.4, 0.5) is 0 Å². The molecule has 1 aromatic rings. The zero-order valence-corrected chi connectivity index (χ0v) is 12.8. The summed E-state index contributed by atoms with van der Waals surface area (Å²) in [5.74, 6) is 0.886. The van der Waals surface area contributed by atoms with Gasteiger partial charge in [0.25, 0.3) is 0 Å². The Morgan fingerprint density at radius 2 is 2.11 bits per heavy atom. The van der Waals surface area contributed by atoms with Crippen LogP contribution in [0, 0.1) is 13.8 Å². The van der Waals surface area contributed by atoms with Crippen LogP contribution in [0.5, 0.6) is 0 Å². The van der Waals surface area contributed by atoms with E-state index >= 15 is 0 Å². The van der Waals surface area contributed by atoms with Gasteiger partial charge < -0.3 is 10.6 Å². The molecule has 0 aliphatic carbocycles. The van der Waals surface area contributed by atoms with Crippen molar-refractivity contribution in [1.29, 1.82) is 0 Å². The average molecular weight is 268 g/mol. The zero-order chi connectivity index (χ0) is 13.5. The van der Waals surface area contributed by atoms with E-state index in [2.05, 4.69) is 41.4 Å². The molecule has 0 radical (unpaired) electrons. The predicted octanol–water partition coefficient (Wildman–Crippen LogP) is 2.61. The van der Waals surface area contributed by atoms with Crippen LogP contribution < -0.4 is 10.6 Å². The van der Waals surface area contributed by atoms with E-state index in [1.54, 1.807) is 11.3 Å². The Morgan fingerprint density at radius 3 is 2.61 bits per heavy atom. The van der Waals surface area contributed by atoms with Crippen molar-refractivity contribution in [3.63, 3.8) is 0 Å². The van der Waals surface area contributed by atoms with E-state index in [0.29, 0.717) is 12.6 Å². The molecule has 0 bridgehead atoms. The number of aryl methyl sites for hydroxylation is 2. The lowest BCUT2D eigenvalue weighted by molar-refractivity contribution is 0.624. The fraction of sp³-hybridized carbons (Fsp3) is 0.692. The highest BCUT2D eigenvalue weighted by atomic mass is 32.1. The third-order valence-corrected chi connectivity index (χ3v) is 3.78. The molecule has 0 aliphatic rings. The lowest BCUT2D eigenvalue weighted by Gasteiger charge is -2.15. The van der Waals surface area contributed by atoms with E-state index in [1.807, 2.05) is 13.8 Å². The van der Waals surface area contributed by atoms with Crippen LogP contribution in [0.2, 0.25) is 0 Å². The van der Waals surface area contributed by atoms with Gasteiger partial charge in [0.05, 0.1) is 17.2 Å². The third-order valence-electron chi connectivity index (χ3n) is 2.72. The van der Waals surface area contributed by atoms with Crippen LogP contribution in [-0.4, -0.2) is 23.5 Å². The first-order valence-electron chi connectivity index (χ1n) is 6.54. The van der Waals surface area contributed by atoms with Gasteiger partial charge in [0.2, 0.25) is 0 Å². The molecule has 1 atom stereocenters. The molecule has 1 aromatic heterocycles. The number of aromatic nitrogens is 1. The molecule has 18 heavy (non-hydrogen) atoms. The van der Waals surface area contributed by atoms with Gasteiger partial charge in [-0.25, -0.2) is 9.98 Å². The highest BCUT2D eigenvalue weighted by molar-refractivity contribution is 7.11. The molecule has 2 N–H and O–H groups in total. The molecule has 1 unspecified atom stereocenters. The quantitative estimate of drug-likeness (QED) is 0.637. The van der Waals surface area contributed by atoms with E-state index < -0.39 is 0 Å². The molecular weight excluding hydrogens is 244 g/mol. The van der Waals surface area contributed by atoms with Gasteiger partial charge in [-0.2, -0.15) is 0 Å². The second-order valence-corrected chi connectivity index (χ2v) is 5.68. The molecular formula is C13H24N4S. The Bertz CT molecular complexity index is 398.